The minimum absolute atomic E-state index is 0. The highest BCUT2D eigenvalue weighted by atomic mass is 35.5. The Bertz CT molecular complexity index is 563. The van der Waals surface area contributed by atoms with E-state index in [1.54, 1.807) is 11.8 Å². The molecular formula is C19H26ClNO2S. The van der Waals surface area contributed by atoms with Crippen LogP contribution in [0, 0.1) is 0 Å². The number of ether oxygens (including phenoxy) is 1. The van der Waals surface area contributed by atoms with Gasteiger partial charge in [-0.15, -0.1) is 24.2 Å². The molecule has 2 aromatic carbocycles. The van der Waals surface area contributed by atoms with Crippen molar-refractivity contribution in [3.8, 4) is 0 Å². The maximum atomic E-state index is 10.1. The summed E-state index contributed by atoms with van der Waals surface area (Å²) in [4.78, 5) is 3.27. The van der Waals surface area contributed by atoms with Gasteiger partial charge in [0.15, 0.2) is 0 Å². The average Bonchev–Trinajstić information content (AvgIpc) is 2.58. The Balaban J connectivity index is 0.00000288. The highest BCUT2D eigenvalue weighted by Gasteiger charge is 2.08. The largest absolute Gasteiger partial charge is 0.386 e. The van der Waals surface area contributed by atoms with Crippen molar-refractivity contribution in [2.45, 2.75) is 16.8 Å². The lowest BCUT2D eigenvalue weighted by atomic mass is 10.1. The molecule has 2 rings (SSSR count). The summed E-state index contributed by atoms with van der Waals surface area (Å²) in [5.74, 6) is 0.955. The lowest BCUT2D eigenvalue weighted by molar-refractivity contribution is 0.0306. The zero-order chi connectivity index (χ0) is 16.5. The highest BCUT2D eigenvalue weighted by molar-refractivity contribution is 7.98. The molecule has 132 valence electrons. The Morgan fingerprint density at radius 3 is 2.33 bits per heavy atom. The summed E-state index contributed by atoms with van der Waals surface area (Å²) in [7, 11) is 4.01. The first-order chi connectivity index (χ1) is 11.1. The van der Waals surface area contributed by atoms with Gasteiger partial charge in [-0.2, -0.15) is 0 Å². The van der Waals surface area contributed by atoms with Crippen LogP contribution >= 0.6 is 24.2 Å². The van der Waals surface area contributed by atoms with Crippen molar-refractivity contribution in [3.05, 3.63) is 65.7 Å². The van der Waals surface area contributed by atoms with Crippen LogP contribution in [0.3, 0.4) is 0 Å². The van der Waals surface area contributed by atoms with Crippen molar-refractivity contribution in [1.29, 1.82) is 0 Å². The summed E-state index contributed by atoms with van der Waals surface area (Å²) in [6.45, 7) is 1.83. The van der Waals surface area contributed by atoms with Gasteiger partial charge in [0.25, 0.3) is 0 Å². The standard InChI is InChI=1S/C19H25NO2S.ClH/c1-20(2)12-13-22-14-19(21)17-8-10-18(11-9-17)23-15-16-6-4-3-5-7-16;/h3-11,19,21H,12-15H2,1-2H3;1H. The van der Waals surface area contributed by atoms with Gasteiger partial charge in [0.05, 0.1) is 13.2 Å². The number of halogens is 1. The van der Waals surface area contributed by atoms with Gasteiger partial charge in [0.1, 0.15) is 6.10 Å². The van der Waals surface area contributed by atoms with Gasteiger partial charge >= 0.3 is 0 Å². The summed E-state index contributed by atoms with van der Waals surface area (Å²) < 4.78 is 5.50. The summed E-state index contributed by atoms with van der Waals surface area (Å²) in [5.41, 5.74) is 2.22. The highest BCUT2D eigenvalue weighted by Crippen LogP contribution is 2.24. The second-order valence-electron chi connectivity index (χ2n) is 5.74. The summed E-state index contributed by atoms with van der Waals surface area (Å²) >= 11 is 1.80. The van der Waals surface area contributed by atoms with Crippen molar-refractivity contribution in [1.82, 2.24) is 4.90 Å². The van der Waals surface area contributed by atoms with Crippen LogP contribution in [0.2, 0.25) is 0 Å². The van der Waals surface area contributed by atoms with Gasteiger partial charge in [-0.3, -0.25) is 0 Å². The molecule has 0 aliphatic heterocycles. The summed E-state index contributed by atoms with van der Waals surface area (Å²) in [6.07, 6.45) is -0.565. The lowest BCUT2D eigenvalue weighted by Gasteiger charge is -2.14. The molecular weight excluding hydrogens is 342 g/mol. The molecule has 0 amide bonds. The van der Waals surface area contributed by atoms with Crippen LogP contribution < -0.4 is 0 Å². The Hall–Kier alpha value is -1.04. The molecule has 0 bridgehead atoms. The van der Waals surface area contributed by atoms with Gasteiger partial charge in [0, 0.05) is 17.2 Å². The van der Waals surface area contributed by atoms with Crippen molar-refractivity contribution < 1.29 is 9.84 Å². The molecule has 0 saturated carbocycles. The average molecular weight is 368 g/mol. The van der Waals surface area contributed by atoms with E-state index in [1.165, 1.54) is 10.5 Å². The molecule has 0 aromatic heterocycles. The number of likely N-dealkylation sites (N-methyl/N-ethyl adjacent to an activating group) is 1. The van der Waals surface area contributed by atoms with E-state index in [4.69, 9.17) is 4.74 Å². The molecule has 2 aromatic rings. The van der Waals surface area contributed by atoms with E-state index < -0.39 is 6.10 Å². The summed E-state index contributed by atoms with van der Waals surface area (Å²) in [6, 6.07) is 18.5. The number of rotatable bonds is 9. The normalized spacial score (nSPS) is 12.0. The topological polar surface area (TPSA) is 32.7 Å². The first-order valence-corrected chi connectivity index (χ1v) is 8.81. The van der Waals surface area contributed by atoms with Crippen LogP contribution in [0.25, 0.3) is 0 Å². The monoisotopic (exact) mass is 367 g/mol. The van der Waals surface area contributed by atoms with Crippen LogP contribution in [-0.4, -0.2) is 43.9 Å². The molecule has 5 heteroatoms. The molecule has 0 fully saturated rings. The maximum absolute atomic E-state index is 10.1. The Morgan fingerprint density at radius 2 is 1.71 bits per heavy atom. The Kier molecular flexibility index (Phi) is 10.1. The van der Waals surface area contributed by atoms with Crippen LogP contribution in [-0.2, 0) is 10.5 Å². The van der Waals surface area contributed by atoms with Crippen LogP contribution in [0.5, 0.6) is 0 Å². The number of benzene rings is 2. The van der Waals surface area contributed by atoms with E-state index in [2.05, 4.69) is 41.3 Å². The SMILES string of the molecule is CN(C)CCOCC(O)c1ccc(SCc2ccccc2)cc1.Cl. The Morgan fingerprint density at radius 1 is 1.04 bits per heavy atom. The van der Waals surface area contributed by atoms with Crippen LogP contribution in [0.15, 0.2) is 59.5 Å². The van der Waals surface area contributed by atoms with Gasteiger partial charge in [-0.25, -0.2) is 0 Å². The molecule has 0 aliphatic rings. The van der Waals surface area contributed by atoms with Gasteiger partial charge in [0.2, 0.25) is 0 Å². The van der Waals surface area contributed by atoms with E-state index in [9.17, 15) is 5.11 Å². The molecule has 24 heavy (non-hydrogen) atoms. The predicted octanol–water partition coefficient (Wildman–Crippen LogP) is 4.01. The Labute approximate surface area is 155 Å². The molecule has 0 radical (unpaired) electrons. The van der Waals surface area contributed by atoms with Crippen LogP contribution in [0.4, 0.5) is 0 Å². The van der Waals surface area contributed by atoms with E-state index in [1.807, 2.05) is 32.3 Å². The third-order valence-electron chi connectivity index (χ3n) is 3.47. The zero-order valence-electron chi connectivity index (χ0n) is 14.2. The lowest BCUT2D eigenvalue weighted by Crippen LogP contribution is -2.19. The second kappa shape index (κ2) is 11.5. The number of aliphatic hydroxyl groups is 1. The van der Waals surface area contributed by atoms with Crippen molar-refractivity contribution in [2.24, 2.45) is 0 Å². The molecule has 0 spiro atoms. The number of hydrogen-bond donors (Lipinski definition) is 1. The van der Waals surface area contributed by atoms with E-state index in [0.29, 0.717) is 13.2 Å². The molecule has 3 nitrogen and oxygen atoms in total. The molecule has 1 atom stereocenters. The number of aliphatic hydroxyl groups excluding tert-OH is 1. The van der Waals surface area contributed by atoms with Gasteiger partial charge < -0.3 is 14.7 Å². The van der Waals surface area contributed by atoms with E-state index in [-0.39, 0.29) is 12.4 Å². The minimum atomic E-state index is -0.565. The number of nitrogens with zero attached hydrogens (tertiary/aromatic N) is 1. The smallest absolute Gasteiger partial charge is 0.102 e. The molecule has 0 aliphatic carbocycles. The van der Waals surface area contributed by atoms with Crippen molar-refractivity contribution >= 4 is 24.2 Å². The predicted molar refractivity (Wildman–Crippen MR) is 104 cm³/mol. The first-order valence-electron chi connectivity index (χ1n) is 7.82. The number of thioether (sulfide) groups is 1. The third kappa shape index (κ3) is 7.69. The first kappa shape index (κ1) is 21.0. The van der Waals surface area contributed by atoms with Gasteiger partial charge in [-0.1, -0.05) is 42.5 Å². The number of hydrogen-bond acceptors (Lipinski definition) is 4. The molecule has 1 unspecified atom stereocenters. The quantitative estimate of drug-likeness (QED) is 0.536. The molecule has 0 heterocycles. The maximum Gasteiger partial charge on any atom is 0.102 e. The fourth-order valence-electron chi connectivity index (χ4n) is 2.07. The van der Waals surface area contributed by atoms with E-state index in [0.717, 1.165) is 17.9 Å². The van der Waals surface area contributed by atoms with E-state index >= 15 is 0 Å². The third-order valence-corrected chi connectivity index (χ3v) is 4.55. The molecule has 0 saturated heterocycles. The van der Waals surface area contributed by atoms with Crippen LogP contribution in [0.1, 0.15) is 17.2 Å². The zero-order valence-corrected chi connectivity index (χ0v) is 15.9. The fourth-order valence-corrected chi connectivity index (χ4v) is 2.92. The minimum Gasteiger partial charge on any atom is -0.386 e. The van der Waals surface area contributed by atoms with Crippen molar-refractivity contribution in [2.75, 3.05) is 33.9 Å². The van der Waals surface area contributed by atoms with Gasteiger partial charge in [-0.05, 0) is 37.4 Å². The van der Waals surface area contributed by atoms with Crippen molar-refractivity contribution in [3.63, 3.8) is 0 Å². The summed E-state index contributed by atoms with van der Waals surface area (Å²) in [5, 5.41) is 10.1. The molecule has 1 N–H and O–H groups in total. The second-order valence-corrected chi connectivity index (χ2v) is 6.79. The fraction of sp³-hybridized carbons (Fsp3) is 0.368.